The predicted octanol–water partition coefficient (Wildman–Crippen LogP) is 1.83. The van der Waals surface area contributed by atoms with E-state index in [1.165, 1.54) is 6.20 Å². The van der Waals surface area contributed by atoms with Gasteiger partial charge in [-0.05, 0) is 24.5 Å². The van der Waals surface area contributed by atoms with Crippen LogP contribution in [0.3, 0.4) is 0 Å². The Balaban J connectivity index is 2.69. The lowest BCUT2D eigenvalue weighted by atomic mass is 10.1. The van der Waals surface area contributed by atoms with Gasteiger partial charge in [-0.2, -0.15) is 0 Å². The van der Waals surface area contributed by atoms with Crippen LogP contribution in [0.4, 0.5) is 0 Å². The van der Waals surface area contributed by atoms with Gasteiger partial charge in [0.2, 0.25) is 0 Å². The third-order valence-corrected chi connectivity index (χ3v) is 2.89. The van der Waals surface area contributed by atoms with Crippen molar-refractivity contribution in [3.05, 3.63) is 29.6 Å². The quantitative estimate of drug-likeness (QED) is 0.825. The van der Waals surface area contributed by atoms with Crippen molar-refractivity contribution in [1.29, 1.82) is 0 Å². The minimum Gasteiger partial charge on any atom is -0.389 e. The summed E-state index contributed by atoms with van der Waals surface area (Å²) in [5.74, 6) is 0.496. The number of rotatable bonds is 5. The van der Waals surface area contributed by atoms with Gasteiger partial charge in [0, 0.05) is 25.4 Å². The van der Waals surface area contributed by atoms with E-state index in [0.717, 1.165) is 13.0 Å². The SMILES string of the molecule is CC(C)CCN(C)C(=O)c1ccc(C(N)=S)cn1. The van der Waals surface area contributed by atoms with Crippen LogP contribution in [0, 0.1) is 5.92 Å². The fourth-order valence-electron chi connectivity index (χ4n) is 1.42. The summed E-state index contributed by atoms with van der Waals surface area (Å²) in [6.45, 7) is 5.00. The minimum absolute atomic E-state index is 0.0786. The highest BCUT2D eigenvalue weighted by Gasteiger charge is 2.13. The molecule has 0 aliphatic carbocycles. The number of pyridine rings is 1. The van der Waals surface area contributed by atoms with Crippen LogP contribution in [0.15, 0.2) is 18.3 Å². The number of carbonyl (C=O) groups is 1. The molecular formula is C13H19N3OS. The van der Waals surface area contributed by atoms with E-state index < -0.39 is 0 Å². The maximum atomic E-state index is 12.0. The average Bonchev–Trinajstić information content (AvgIpc) is 2.35. The normalized spacial score (nSPS) is 10.4. The highest BCUT2D eigenvalue weighted by Crippen LogP contribution is 2.06. The summed E-state index contributed by atoms with van der Waals surface area (Å²) in [7, 11) is 1.79. The van der Waals surface area contributed by atoms with Crippen LogP contribution >= 0.6 is 12.2 Å². The maximum Gasteiger partial charge on any atom is 0.272 e. The number of amides is 1. The molecule has 0 aliphatic rings. The van der Waals surface area contributed by atoms with Gasteiger partial charge in [-0.15, -0.1) is 0 Å². The first-order valence-electron chi connectivity index (χ1n) is 5.93. The third kappa shape index (κ3) is 4.07. The Morgan fingerprint density at radius 1 is 1.50 bits per heavy atom. The smallest absolute Gasteiger partial charge is 0.272 e. The van der Waals surface area contributed by atoms with Crippen LogP contribution in [-0.2, 0) is 0 Å². The van der Waals surface area contributed by atoms with Crippen LogP contribution in [0.5, 0.6) is 0 Å². The number of nitrogens with zero attached hydrogens (tertiary/aromatic N) is 2. The van der Waals surface area contributed by atoms with Gasteiger partial charge in [0.1, 0.15) is 10.7 Å². The second-order valence-corrected chi connectivity index (χ2v) is 5.15. The monoisotopic (exact) mass is 265 g/mol. The third-order valence-electron chi connectivity index (χ3n) is 2.66. The average molecular weight is 265 g/mol. The molecule has 1 aromatic rings. The Morgan fingerprint density at radius 2 is 2.17 bits per heavy atom. The van der Waals surface area contributed by atoms with E-state index in [1.807, 2.05) is 0 Å². The molecule has 1 heterocycles. The standard InChI is InChI=1S/C13H19N3OS/c1-9(2)6-7-16(3)13(17)11-5-4-10(8-15-11)12(14)18/h4-5,8-9H,6-7H2,1-3H3,(H2,14,18). The van der Waals surface area contributed by atoms with E-state index in [-0.39, 0.29) is 10.9 Å². The molecule has 0 saturated heterocycles. The minimum atomic E-state index is -0.0786. The van der Waals surface area contributed by atoms with Crippen molar-refractivity contribution < 1.29 is 4.79 Å². The van der Waals surface area contributed by atoms with Gasteiger partial charge in [-0.1, -0.05) is 26.1 Å². The van der Waals surface area contributed by atoms with Crippen molar-refractivity contribution in [2.45, 2.75) is 20.3 Å². The van der Waals surface area contributed by atoms with Crippen LogP contribution in [0.25, 0.3) is 0 Å². The Labute approximate surface area is 113 Å². The van der Waals surface area contributed by atoms with Crippen LogP contribution < -0.4 is 5.73 Å². The van der Waals surface area contributed by atoms with Crippen molar-refractivity contribution in [3.63, 3.8) is 0 Å². The molecular weight excluding hydrogens is 246 g/mol. The number of carbonyl (C=O) groups excluding carboxylic acids is 1. The first-order valence-corrected chi connectivity index (χ1v) is 6.34. The molecule has 98 valence electrons. The van der Waals surface area contributed by atoms with Gasteiger partial charge in [-0.25, -0.2) is 0 Å². The van der Waals surface area contributed by atoms with Gasteiger partial charge >= 0.3 is 0 Å². The zero-order chi connectivity index (χ0) is 13.7. The summed E-state index contributed by atoms with van der Waals surface area (Å²) in [4.78, 5) is 18.1. The molecule has 4 nitrogen and oxygen atoms in total. The predicted molar refractivity (Wildman–Crippen MR) is 76.5 cm³/mol. The van der Waals surface area contributed by atoms with Gasteiger partial charge in [0.25, 0.3) is 5.91 Å². The summed E-state index contributed by atoms with van der Waals surface area (Å²) in [6.07, 6.45) is 2.51. The topological polar surface area (TPSA) is 59.2 Å². The molecule has 0 aliphatic heterocycles. The summed E-state index contributed by atoms with van der Waals surface area (Å²) in [6, 6.07) is 3.38. The van der Waals surface area contributed by atoms with Crippen LogP contribution in [0.2, 0.25) is 0 Å². The van der Waals surface area contributed by atoms with E-state index >= 15 is 0 Å². The largest absolute Gasteiger partial charge is 0.389 e. The molecule has 1 amide bonds. The van der Waals surface area contributed by atoms with E-state index in [9.17, 15) is 4.79 Å². The van der Waals surface area contributed by atoms with Crippen molar-refractivity contribution in [3.8, 4) is 0 Å². The highest BCUT2D eigenvalue weighted by molar-refractivity contribution is 7.80. The molecule has 2 N–H and O–H groups in total. The lowest BCUT2D eigenvalue weighted by Crippen LogP contribution is -2.29. The lowest BCUT2D eigenvalue weighted by molar-refractivity contribution is 0.0783. The number of hydrogen-bond donors (Lipinski definition) is 1. The Kier molecular flexibility index (Phi) is 5.22. The summed E-state index contributed by atoms with van der Waals surface area (Å²) in [5.41, 5.74) is 6.57. The molecule has 18 heavy (non-hydrogen) atoms. The zero-order valence-corrected chi connectivity index (χ0v) is 11.8. The van der Waals surface area contributed by atoms with Gasteiger partial charge in [0.05, 0.1) is 0 Å². The van der Waals surface area contributed by atoms with E-state index in [1.54, 1.807) is 24.1 Å². The fraction of sp³-hybridized carbons (Fsp3) is 0.462. The summed E-state index contributed by atoms with van der Waals surface area (Å²) < 4.78 is 0. The van der Waals surface area contributed by atoms with E-state index in [2.05, 4.69) is 18.8 Å². The van der Waals surface area contributed by atoms with Crippen molar-refractivity contribution in [2.75, 3.05) is 13.6 Å². The molecule has 0 fully saturated rings. The highest BCUT2D eigenvalue weighted by atomic mass is 32.1. The maximum absolute atomic E-state index is 12.0. The lowest BCUT2D eigenvalue weighted by Gasteiger charge is -2.17. The zero-order valence-electron chi connectivity index (χ0n) is 11.0. The van der Waals surface area contributed by atoms with E-state index in [0.29, 0.717) is 17.2 Å². The second-order valence-electron chi connectivity index (χ2n) is 4.71. The molecule has 5 heteroatoms. The first kappa shape index (κ1) is 14.6. The first-order chi connectivity index (χ1) is 8.41. The molecule has 1 aromatic heterocycles. The number of hydrogen-bond acceptors (Lipinski definition) is 3. The Bertz CT molecular complexity index is 428. The van der Waals surface area contributed by atoms with Crippen LogP contribution in [-0.4, -0.2) is 34.4 Å². The van der Waals surface area contributed by atoms with Crippen LogP contribution in [0.1, 0.15) is 36.3 Å². The number of aromatic nitrogens is 1. The molecule has 1 rings (SSSR count). The molecule has 0 spiro atoms. The van der Waals surface area contributed by atoms with Crippen molar-refractivity contribution in [1.82, 2.24) is 9.88 Å². The van der Waals surface area contributed by atoms with Gasteiger partial charge in [0.15, 0.2) is 0 Å². The fourth-order valence-corrected chi connectivity index (χ4v) is 1.54. The van der Waals surface area contributed by atoms with Gasteiger partial charge < -0.3 is 10.6 Å². The Morgan fingerprint density at radius 3 is 2.61 bits per heavy atom. The van der Waals surface area contributed by atoms with Crippen molar-refractivity contribution >= 4 is 23.1 Å². The second kappa shape index (κ2) is 6.44. The summed E-state index contributed by atoms with van der Waals surface area (Å²) >= 11 is 4.84. The number of thiocarbonyl (C=S) groups is 1. The Hall–Kier alpha value is -1.49. The van der Waals surface area contributed by atoms with Crippen molar-refractivity contribution in [2.24, 2.45) is 11.7 Å². The molecule has 0 bridgehead atoms. The van der Waals surface area contributed by atoms with Gasteiger partial charge in [-0.3, -0.25) is 9.78 Å². The molecule has 0 saturated carbocycles. The molecule has 0 unspecified atom stereocenters. The number of nitrogens with two attached hydrogens (primary N) is 1. The summed E-state index contributed by atoms with van der Waals surface area (Å²) in [5, 5.41) is 0. The molecule has 0 aromatic carbocycles. The molecule has 0 atom stereocenters. The van der Waals surface area contributed by atoms with E-state index in [4.69, 9.17) is 18.0 Å². The molecule has 0 radical (unpaired) electrons.